The average molecular weight is 166 g/mol. The minimum absolute atomic E-state index is 0.158. The molecule has 0 aromatic rings. The van der Waals surface area contributed by atoms with Crippen LogP contribution in [0.2, 0.25) is 0 Å². The van der Waals surface area contributed by atoms with Crippen molar-refractivity contribution in [3.8, 4) is 0 Å². The third-order valence-electron chi connectivity index (χ3n) is 1.38. The lowest BCUT2D eigenvalue weighted by atomic mass is 10.2. The van der Waals surface area contributed by atoms with Gasteiger partial charge >= 0.3 is 0 Å². The highest BCUT2D eigenvalue weighted by atomic mass is 35.5. The van der Waals surface area contributed by atoms with Crippen LogP contribution in [0.1, 0.15) is 6.42 Å². The molecule has 0 aromatic heterocycles. The average Bonchev–Trinajstić information content (AvgIpc) is 2.14. The Bertz CT molecular complexity index is 130. The predicted octanol–water partition coefficient (Wildman–Crippen LogP) is 0.412. The van der Waals surface area contributed by atoms with Gasteiger partial charge in [-0.3, -0.25) is 4.79 Å². The van der Waals surface area contributed by atoms with Crippen molar-refractivity contribution in [2.45, 2.75) is 17.7 Å². The van der Waals surface area contributed by atoms with E-state index in [1.165, 1.54) is 0 Å². The lowest BCUT2D eigenvalue weighted by Crippen LogP contribution is -2.26. The molecule has 0 bridgehead atoms. The second kappa shape index (κ2) is 2.90. The molecule has 1 N–H and O–H groups in total. The maximum Gasteiger partial charge on any atom is 0.238 e. The SMILES string of the molecule is O=C(Cl)[C@@H]1C[C@H](S)CN1. The van der Waals surface area contributed by atoms with Gasteiger partial charge in [-0.2, -0.15) is 12.6 Å². The second-order valence-corrected chi connectivity index (χ2v) is 3.26. The Hall–Kier alpha value is 0.270. The first-order valence-electron chi connectivity index (χ1n) is 2.81. The van der Waals surface area contributed by atoms with E-state index < -0.39 is 0 Å². The molecule has 0 aromatic carbocycles. The van der Waals surface area contributed by atoms with Crippen LogP contribution in [-0.2, 0) is 4.79 Å². The molecule has 52 valence electrons. The fourth-order valence-corrected chi connectivity index (χ4v) is 1.37. The fraction of sp³-hybridized carbons (Fsp3) is 0.800. The number of rotatable bonds is 1. The molecule has 0 radical (unpaired) electrons. The van der Waals surface area contributed by atoms with Gasteiger partial charge in [0.2, 0.25) is 5.24 Å². The minimum Gasteiger partial charge on any atom is -0.305 e. The van der Waals surface area contributed by atoms with Gasteiger partial charge in [0.25, 0.3) is 0 Å². The summed E-state index contributed by atoms with van der Waals surface area (Å²) in [7, 11) is 0. The normalized spacial score (nSPS) is 34.9. The van der Waals surface area contributed by atoms with Crippen molar-refractivity contribution >= 4 is 29.5 Å². The number of nitrogens with one attached hydrogen (secondary N) is 1. The molecular formula is C5H8ClNOS. The molecule has 2 nitrogen and oxygen atoms in total. The minimum atomic E-state index is -0.299. The van der Waals surface area contributed by atoms with E-state index in [-0.39, 0.29) is 16.5 Å². The molecule has 0 saturated carbocycles. The highest BCUT2D eigenvalue weighted by Gasteiger charge is 2.25. The molecule has 1 rings (SSSR count). The van der Waals surface area contributed by atoms with Gasteiger partial charge in [-0.15, -0.1) is 0 Å². The molecule has 0 unspecified atom stereocenters. The van der Waals surface area contributed by atoms with E-state index in [1.54, 1.807) is 0 Å². The van der Waals surface area contributed by atoms with Crippen LogP contribution in [0.25, 0.3) is 0 Å². The third-order valence-corrected chi connectivity index (χ3v) is 2.04. The molecule has 4 heteroatoms. The summed E-state index contributed by atoms with van der Waals surface area (Å²) in [6, 6.07) is -0.158. The molecule has 1 aliphatic heterocycles. The van der Waals surface area contributed by atoms with Gasteiger partial charge < -0.3 is 5.32 Å². The monoisotopic (exact) mass is 165 g/mol. The number of thiol groups is 1. The highest BCUT2D eigenvalue weighted by Crippen LogP contribution is 2.13. The van der Waals surface area contributed by atoms with Gasteiger partial charge in [0.05, 0.1) is 6.04 Å². The van der Waals surface area contributed by atoms with Crippen LogP contribution in [0.4, 0.5) is 0 Å². The van der Waals surface area contributed by atoms with E-state index in [0.717, 1.165) is 13.0 Å². The van der Waals surface area contributed by atoms with Crippen molar-refractivity contribution in [1.29, 1.82) is 0 Å². The molecule has 1 aliphatic rings. The summed E-state index contributed by atoms with van der Waals surface area (Å²) in [6.45, 7) is 0.784. The Morgan fingerprint density at radius 1 is 1.78 bits per heavy atom. The number of carbonyl (C=O) groups is 1. The maximum absolute atomic E-state index is 10.5. The number of hydrogen-bond acceptors (Lipinski definition) is 3. The van der Waals surface area contributed by atoms with Gasteiger partial charge in [-0.25, -0.2) is 0 Å². The van der Waals surface area contributed by atoms with Crippen LogP contribution >= 0.6 is 24.2 Å². The lowest BCUT2D eigenvalue weighted by Gasteiger charge is -1.99. The first kappa shape index (κ1) is 7.38. The first-order chi connectivity index (χ1) is 4.20. The third kappa shape index (κ3) is 1.85. The van der Waals surface area contributed by atoms with Crippen LogP contribution in [0.3, 0.4) is 0 Å². The van der Waals surface area contributed by atoms with Crippen molar-refractivity contribution in [2.75, 3.05) is 6.54 Å². The standard InChI is InChI=1S/C5H8ClNOS/c6-5(8)4-1-3(9)2-7-4/h3-4,7,9H,1-2H2/t3-,4-/m0/s1. The molecule has 1 fully saturated rings. The number of hydrogen-bond donors (Lipinski definition) is 2. The summed E-state index contributed by atoms with van der Waals surface area (Å²) in [4.78, 5) is 10.5. The first-order valence-corrected chi connectivity index (χ1v) is 3.70. The second-order valence-electron chi connectivity index (χ2n) is 2.15. The molecule has 9 heavy (non-hydrogen) atoms. The summed E-state index contributed by atoms with van der Waals surface area (Å²) in [5.41, 5.74) is 0. The van der Waals surface area contributed by atoms with Crippen LogP contribution in [-0.4, -0.2) is 23.1 Å². The quantitative estimate of drug-likeness (QED) is 0.436. The van der Waals surface area contributed by atoms with Crippen LogP contribution in [0.5, 0.6) is 0 Å². The number of carbonyl (C=O) groups excluding carboxylic acids is 1. The largest absolute Gasteiger partial charge is 0.305 e. The van der Waals surface area contributed by atoms with E-state index in [2.05, 4.69) is 17.9 Å². The summed E-state index contributed by atoms with van der Waals surface area (Å²) in [5.74, 6) is 0. The van der Waals surface area contributed by atoms with E-state index in [4.69, 9.17) is 11.6 Å². The molecular weight excluding hydrogens is 158 g/mol. The van der Waals surface area contributed by atoms with Gasteiger partial charge in [0, 0.05) is 11.8 Å². The van der Waals surface area contributed by atoms with E-state index in [9.17, 15) is 4.79 Å². The zero-order valence-electron chi connectivity index (χ0n) is 4.80. The maximum atomic E-state index is 10.5. The molecule has 1 saturated heterocycles. The van der Waals surface area contributed by atoms with E-state index in [1.807, 2.05) is 0 Å². The summed E-state index contributed by atoms with van der Waals surface area (Å²) < 4.78 is 0. The van der Waals surface area contributed by atoms with Crippen LogP contribution in [0.15, 0.2) is 0 Å². The molecule has 0 aliphatic carbocycles. The predicted molar refractivity (Wildman–Crippen MR) is 40.0 cm³/mol. The summed E-state index contributed by atoms with van der Waals surface area (Å²) in [6.07, 6.45) is 0.755. The Kier molecular flexibility index (Phi) is 2.38. The fourth-order valence-electron chi connectivity index (χ4n) is 0.890. The Labute approximate surface area is 64.4 Å². The van der Waals surface area contributed by atoms with Crippen LogP contribution in [0, 0.1) is 0 Å². The zero-order valence-corrected chi connectivity index (χ0v) is 6.45. The Balaban J connectivity index is 2.39. The molecule has 0 spiro atoms. The van der Waals surface area contributed by atoms with Gasteiger partial charge in [-0.1, -0.05) is 0 Å². The van der Waals surface area contributed by atoms with Crippen molar-refractivity contribution < 1.29 is 4.79 Å². The zero-order chi connectivity index (χ0) is 6.85. The van der Waals surface area contributed by atoms with Gasteiger partial charge in [0.15, 0.2) is 0 Å². The Morgan fingerprint density at radius 2 is 2.44 bits per heavy atom. The van der Waals surface area contributed by atoms with Crippen molar-refractivity contribution in [3.63, 3.8) is 0 Å². The molecule has 0 amide bonds. The Morgan fingerprint density at radius 3 is 2.67 bits per heavy atom. The lowest BCUT2D eigenvalue weighted by molar-refractivity contribution is -0.113. The van der Waals surface area contributed by atoms with Crippen LogP contribution < -0.4 is 5.32 Å². The summed E-state index contributed by atoms with van der Waals surface area (Å²) in [5, 5.41) is 2.94. The van der Waals surface area contributed by atoms with Gasteiger partial charge in [-0.05, 0) is 18.0 Å². The highest BCUT2D eigenvalue weighted by molar-refractivity contribution is 7.81. The van der Waals surface area contributed by atoms with E-state index in [0.29, 0.717) is 0 Å². The van der Waals surface area contributed by atoms with Gasteiger partial charge in [0.1, 0.15) is 0 Å². The topological polar surface area (TPSA) is 29.1 Å². The summed E-state index contributed by atoms with van der Waals surface area (Å²) >= 11 is 9.39. The van der Waals surface area contributed by atoms with Crippen molar-refractivity contribution in [3.05, 3.63) is 0 Å². The number of halogens is 1. The molecule has 2 atom stereocenters. The van der Waals surface area contributed by atoms with Crippen molar-refractivity contribution in [2.24, 2.45) is 0 Å². The van der Waals surface area contributed by atoms with E-state index >= 15 is 0 Å². The molecule has 1 heterocycles. The van der Waals surface area contributed by atoms with Crippen molar-refractivity contribution in [1.82, 2.24) is 5.32 Å². The smallest absolute Gasteiger partial charge is 0.238 e.